The summed E-state index contributed by atoms with van der Waals surface area (Å²) in [6, 6.07) is 0. The average molecular weight is 292 g/mol. The summed E-state index contributed by atoms with van der Waals surface area (Å²) in [4.78, 5) is 21.5. The number of hydrogen-bond donors (Lipinski definition) is 5. The molecule has 7 atom stereocenters. The number of aliphatic carboxylic acids is 2. The minimum Gasteiger partial charge on any atom is -0.481 e. The van der Waals surface area contributed by atoms with Gasteiger partial charge < -0.3 is 35.0 Å². The maximum absolute atomic E-state index is 11.0. The van der Waals surface area contributed by atoms with Crippen LogP contribution >= 0.6 is 0 Å². The summed E-state index contributed by atoms with van der Waals surface area (Å²) in [5.74, 6) is -3.99. The maximum Gasteiger partial charge on any atom is 0.312 e. The van der Waals surface area contributed by atoms with Crippen LogP contribution in [0.25, 0.3) is 0 Å². The lowest BCUT2D eigenvalue weighted by Crippen LogP contribution is -2.70. The van der Waals surface area contributed by atoms with Crippen LogP contribution < -0.4 is 0 Å². The Kier molecular flexibility index (Phi) is 3.73. The van der Waals surface area contributed by atoms with E-state index in [2.05, 4.69) is 0 Å². The summed E-state index contributed by atoms with van der Waals surface area (Å²) in [6.45, 7) is 1.43. The molecule has 9 heteroatoms. The van der Waals surface area contributed by atoms with Gasteiger partial charge in [-0.05, 0) is 6.92 Å². The van der Waals surface area contributed by atoms with Crippen LogP contribution in [0.5, 0.6) is 0 Å². The average Bonchev–Trinajstić information content (AvgIpc) is 2.46. The fourth-order valence-electron chi connectivity index (χ4n) is 2.66. The van der Waals surface area contributed by atoms with Crippen molar-refractivity contribution >= 4 is 11.9 Å². The van der Waals surface area contributed by atoms with Crippen LogP contribution in [-0.4, -0.2) is 73.8 Å². The van der Waals surface area contributed by atoms with Crippen molar-refractivity contribution in [3.05, 3.63) is 0 Å². The first kappa shape index (κ1) is 15.1. The molecule has 1 saturated carbocycles. The smallest absolute Gasteiger partial charge is 0.312 e. The Bertz CT molecular complexity index is 424. The van der Waals surface area contributed by atoms with Crippen molar-refractivity contribution in [3.8, 4) is 0 Å². The topological polar surface area (TPSA) is 154 Å². The number of hydrogen-bond acceptors (Lipinski definition) is 7. The molecule has 9 nitrogen and oxygen atoms in total. The molecule has 5 unspecified atom stereocenters. The van der Waals surface area contributed by atoms with Gasteiger partial charge in [0.25, 0.3) is 0 Å². The molecule has 0 radical (unpaired) electrons. The van der Waals surface area contributed by atoms with Gasteiger partial charge in [-0.1, -0.05) is 0 Å². The number of ether oxygens (including phenoxy) is 2. The summed E-state index contributed by atoms with van der Waals surface area (Å²) in [6.07, 6.45) is -7.27. The van der Waals surface area contributed by atoms with Crippen LogP contribution in [0.1, 0.15) is 13.3 Å². The van der Waals surface area contributed by atoms with E-state index in [0.29, 0.717) is 0 Å². The van der Waals surface area contributed by atoms with Crippen LogP contribution in [0.3, 0.4) is 0 Å². The van der Waals surface area contributed by atoms with E-state index in [1.807, 2.05) is 0 Å². The Morgan fingerprint density at radius 1 is 1.35 bits per heavy atom. The number of fused-ring (bicyclic) bond motifs is 1. The van der Waals surface area contributed by atoms with Gasteiger partial charge in [0, 0.05) is 0 Å². The number of aliphatic hydroxyl groups is 3. The third-order valence-electron chi connectivity index (χ3n) is 3.70. The van der Waals surface area contributed by atoms with Crippen molar-refractivity contribution in [3.63, 3.8) is 0 Å². The van der Waals surface area contributed by atoms with E-state index in [9.17, 15) is 24.9 Å². The van der Waals surface area contributed by atoms with Crippen LogP contribution in [0.15, 0.2) is 0 Å². The first-order valence-electron chi connectivity index (χ1n) is 6.03. The van der Waals surface area contributed by atoms with E-state index in [-0.39, 0.29) is 6.42 Å². The molecule has 0 spiro atoms. The van der Waals surface area contributed by atoms with Crippen LogP contribution in [-0.2, 0) is 19.1 Å². The molecule has 20 heavy (non-hydrogen) atoms. The number of carboxylic acids is 2. The maximum atomic E-state index is 11.0. The van der Waals surface area contributed by atoms with E-state index in [4.69, 9.17) is 19.7 Å². The minimum absolute atomic E-state index is 0.346. The Hall–Kier alpha value is -1.26. The SMILES string of the molecule is CC(CC(=O)O)O[C@@H]1OC2C(C(=O)O)[C@@H](O)C(O)C21O. The quantitative estimate of drug-likeness (QED) is 0.378. The highest BCUT2D eigenvalue weighted by atomic mass is 16.7. The molecular weight excluding hydrogens is 276 g/mol. The zero-order valence-electron chi connectivity index (χ0n) is 10.5. The molecule has 1 saturated heterocycles. The summed E-state index contributed by atoms with van der Waals surface area (Å²) in [5.41, 5.74) is -2.06. The highest BCUT2D eigenvalue weighted by Crippen LogP contribution is 2.49. The zero-order chi connectivity index (χ0) is 15.2. The summed E-state index contributed by atoms with van der Waals surface area (Å²) in [7, 11) is 0. The zero-order valence-corrected chi connectivity index (χ0v) is 10.5. The van der Waals surface area contributed by atoms with Crippen LogP contribution in [0.2, 0.25) is 0 Å². The molecule has 2 aliphatic rings. The van der Waals surface area contributed by atoms with E-state index in [0.717, 1.165) is 0 Å². The molecule has 0 bridgehead atoms. The number of aliphatic hydroxyl groups excluding tert-OH is 2. The predicted octanol–water partition coefficient (Wildman–Crippen LogP) is -2.24. The number of carbonyl (C=O) groups is 2. The van der Waals surface area contributed by atoms with Gasteiger partial charge in [-0.25, -0.2) is 0 Å². The fourth-order valence-corrected chi connectivity index (χ4v) is 2.66. The second kappa shape index (κ2) is 4.93. The normalized spacial score (nSPS) is 44.5. The monoisotopic (exact) mass is 292 g/mol. The van der Waals surface area contributed by atoms with E-state index in [1.54, 1.807) is 0 Å². The first-order valence-corrected chi connectivity index (χ1v) is 6.03. The Balaban J connectivity index is 2.08. The number of carboxylic acid groups (broad SMARTS) is 2. The molecule has 0 aromatic carbocycles. The van der Waals surface area contributed by atoms with Gasteiger partial charge >= 0.3 is 11.9 Å². The fraction of sp³-hybridized carbons (Fsp3) is 0.818. The molecular formula is C11H16O9. The molecule has 5 N–H and O–H groups in total. The molecule has 2 rings (SSSR count). The van der Waals surface area contributed by atoms with Crippen molar-refractivity contribution in [2.24, 2.45) is 5.92 Å². The summed E-state index contributed by atoms with van der Waals surface area (Å²) < 4.78 is 10.2. The van der Waals surface area contributed by atoms with Crippen LogP contribution in [0.4, 0.5) is 0 Å². The first-order chi connectivity index (χ1) is 9.19. The standard InChI is InChI=1S/C11H16O9/c1-3(2-4(12)13)19-10-11(18)7(15)6(14)5(9(16)17)8(11)20-10/h3,5-8,10,14-15,18H,2H2,1H3,(H,12,13)(H,16,17)/t3?,5?,6-,7?,8?,10-,11?/m1/s1. The molecule has 114 valence electrons. The van der Waals surface area contributed by atoms with Crippen molar-refractivity contribution in [2.75, 3.05) is 0 Å². The summed E-state index contributed by atoms with van der Waals surface area (Å²) in [5, 5.41) is 47.3. The van der Waals surface area contributed by atoms with E-state index < -0.39 is 54.2 Å². The van der Waals surface area contributed by atoms with Crippen molar-refractivity contribution in [2.45, 2.75) is 49.7 Å². The second-order valence-corrected chi connectivity index (χ2v) is 5.12. The Morgan fingerprint density at radius 3 is 2.45 bits per heavy atom. The van der Waals surface area contributed by atoms with Gasteiger partial charge in [0.1, 0.15) is 18.1 Å². The Labute approximate surface area is 113 Å². The number of rotatable bonds is 5. The van der Waals surface area contributed by atoms with Gasteiger partial charge in [-0.2, -0.15) is 0 Å². The third kappa shape index (κ3) is 2.07. The third-order valence-corrected chi connectivity index (χ3v) is 3.70. The van der Waals surface area contributed by atoms with Gasteiger partial charge in [0.2, 0.25) is 0 Å². The lowest BCUT2D eigenvalue weighted by molar-refractivity contribution is -0.393. The van der Waals surface area contributed by atoms with Crippen molar-refractivity contribution < 1.29 is 44.6 Å². The van der Waals surface area contributed by atoms with Crippen molar-refractivity contribution in [1.82, 2.24) is 0 Å². The molecule has 0 amide bonds. The summed E-state index contributed by atoms with van der Waals surface area (Å²) >= 11 is 0. The van der Waals surface area contributed by atoms with Gasteiger partial charge in [0.05, 0.1) is 18.6 Å². The molecule has 0 aromatic heterocycles. The molecule has 2 fully saturated rings. The Morgan fingerprint density at radius 2 is 1.95 bits per heavy atom. The van der Waals surface area contributed by atoms with E-state index >= 15 is 0 Å². The lowest BCUT2D eigenvalue weighted by Gasteiger charge is -2.49. The predicted molar refractivity (Wildman–Crippen MR) is 59.6 cm³/mol. The largest absolute Gasteiger partial charge is 0.481 e. The van der Waals surface area contributed by atoms with Gasteiger partial charge in [-0.15, -0.1) is 0 Å². The molecule has 1 aliphatic heterocycles. The highest BCUT2D eigenvalue weighted by molar-refractivity contribution is 5.73. The molecule has 1 aliphatic carbocycles. The second-order valence-electron chi connectivity index (χ2n) is 5.12. The van der Waals surface area contributed by atoms with Gasteiger partial charge in [0.15, 0.2) is 11.9 Å². The molecule has 1 heterocycles. The van der Waals surface area contributed by atoms with Crippen molar-refractivity contribution in [1.29, 1.82) is 0 Å². The highest BCUT2D eigenvalue weighted by Gasteiger charge is 2.74. The lowest BCUT2D eigenvalue weighted by atomic mass is 9.88. The molecule has 0 aromatic rings. The van der Waals surface area contributed by atoms with E-state index in [1.165, 1.54) is 6.92 Å². The minimum atomic E-state index is -2.06. The van der Waals surface area contributed by atoms with Crippen LogP contribution in [0, 0.1) is 5.92 Å². The van der Waals surface area contributed by atoms with Gasteiger partial charge in [-0.3, -0.25) is 9.59 Å².